The minimum Gasteiger partial charge on any atom is -0.444 e. The van der Waals surface area contributed by atoms with E-state index in [0.29, 0.717) is 13.0 Å². The molecule has 0 aromatic heterocycles. The number of esters is 1. The molecule has 3 aliphatic rings. The zero-order chi connectivity index (χ0) is 22.1. The van der Waals surface area contributed by atoms with E-state index in [1.807, 2.05) is 11.8 Å². The lowest BCUT2D eigenvalue weighted by Gasteiger charge is -2.42. The number of amidine groups is 1. The number of hydrogen-bond donors (Lipinski definition) is 0. The van der Waals surface area contributed by atoms with Crippen molar-refractivity contribution in [2.45, 2.75) is 72.0 Å². The van der Waals surface area contributed by atoms with Crippen LogP contribution in [0.5, 0.6) is 0 Å². The molecule has 0 bridgehead atoms. The molecule has 30 heavy (non-hydrogen) atoms. The van der Waals surface area contributed by atoms with Gasteiger partial charge in [-0.1, -0.05) is 19.8 Å². The van der Waals surface area contributed by atoms with Gasteiger partial charge in [-0.3, -0.25) is 19.4 Å². The summed E-state index contributed by atoms with van der Waals surface area (Å²) in [6.45, 7) is 7.63. The van der Waals surface area contributed by atoms with Gasteiger partial charge < -0.3 is 14.4 Å². The molecule has 0 radical (unpaired) electrons. The minimum absolute atomic E-state index is 0.0462. The Hall–Kier alpha value is -2.16. The molecule has 1 saturated heterocycles. The molecule has 9 nitrogen and oxygen atoms in total. The Labute approximate surface area is 178 Å². The molecular weight excluding hydrogens is 388 g/mol. The van der Waals surface area contributed by atoms with Crippen molar-refractivity contribution in [1.29, 1.82) is 0 Å². The van der Waals surface area contributed by atoms with Crippen molar-refractivity contribution in [2.75, 3.05) is 27.1 Å². The number of amides is 3. The lowest BCUT2D eigenvalue weighted by molar-refractivity contribution is -0.160. The number of urea groups is 1. The van der Waals surface area contributed by atoms with E-state index in [2.05, 4.69) is 0 Å². The number of nitrogens with zero attached hydrogens (tertiary/aromatic N) is 4. The molecule has 1 aliphatic carbocycles. The quantitative estimate of drug-likeness (QED) is 0.585. The highest BCUT2D eigenvalue weighted by Gasteiger charge is 2.54. The number of hydrogen-bond acceptors (Lipinski definition) is 7. The van der Waals surface area contributed by atoms with E-state index in [4.69, 9.17) is 14.5 Å². The number of carbonyl (C=O) groups excluding carboxylic acids is 3. The number of imide groups is 1. The van der Waals surface area contributed by atoms with Crippen LogP contribution in [0, 0.1) is 11.3 Å². The molecule has 9 heteroatoms. The average molecular weight is 423 g/mol. The zero-order valence-corrected chi connectivity index (χ0v) is 18.7. The van der Waals surface area contributed by atoms with E-state index < -0.39 is 17.6 Å². The predicted molar refractivity (Wildman–Crippen MR) is 110 cm³/mol. The van der Waals surface area contributed by atoms with Crippen LogP contribution in [0.4, 0.5) is 4.79 Å². The van der Waals surface area contributed by atoms with Crippen LogP contribution in [0.25, 0.3) is 0 Å². The first-order valence-corrected chi connectivity index (χ1v) is 10.8. The van der Waals surface area contributed by atoms with Crippen LogP contribution in [0.2, 0.25) is 0 Å². The summed E-state index contributed by atoms with van der Waals surface area (Å²) in [6, 6.07) is -1.08. The first-order valence-electron chi connectivity index (χ1n) is 10.8. The monoisotopic (exact) mass is 422 g/mol. The third-order valence-corrected chi connectivity index (χ3v) is 5.87. The first kappa shape index (κ1) is 22.5. The van der Waals surface area contributed by atoms with Gasteiger partial charge in [0.25, 0.3) is 5.91 Å². The highest BCUT2D eigenvalue weighted by Crippen LogP contribution is 2.36. The van der Waals surface area contributed by atoms with E-state index in [1.54, 1.807) is 20.8 Å². The van der Waals surface area contributed by atoms with Crippen LogP contribution in [0.3, 0.4) is 0 Å². The van der Waals surface area contributed by atoms with Crippen LogP contribution < -0.4 is 0 Å². The van der Waals surface area contributed by atoms with Crippen LogP contribution in [-0.2, 0) is 19.1 Å². The Bertz CT molecular complexity index is 711. The van der Waals surface area contributed by atoms with Crippen molar-refractivity contribution in [3.63, 3.8) is 0 Å². The van der Waals surface area contributed by atoms with Crippen molar-refractivity contribution in [3.05, 3.63) is 0 Å². The molecule has 2 unspecified atom stereocenters. The van der Waals surface area contributed by atoms with E-state index in [-0.39, 0.29) is 37.3 Å². The third-order valence-electron chi connectivity index (χ3n) is 5.87. The fourth-order valence-corrected chi connectivity index (χ4v) is 4.32. The summed E-state index contributed by atoms with van der Waals surface area (Å²) in [7, 11) is 1.52. The molecule has 3 rings (SSSR count). The second-order valence-electron chi connectivity index (χ2n) is 9.27. The van der Waals surface area contributed by atoms with E-state index >= 15 is 0 Å². The van der Waals surface area contributed by atoms with Gasteiger partial charge in [0.1, 0.15) is 12.6 Å². The lowest BCUT2D eigenvalue weighted by atomic mass is 9.97. The molecule has 0 spiro atoms. The first-order chi connectivity index (χ1) is 14.2. The summed E-state index contributed by atoms with van der Waals surface area (Å²) in [4.78, 5) is 48.1. The van der Waals surface area contributed by atoms with Gasteiger partial charge in [-0.15, -0.1) is 0 Å². The van der Waals surface area contributed by atoms with Crippen LogP contribution in [0.15, 0.2) is 4.99 Å². The topological polar surface area (TPSA) is 91.8 Å². The van der Waals surface area contributed by atoms with Gasteiger partial charge in [-0.25, -0.2) is 9.79 Å². The highest BCUT2D eigenvalue weighted by atomic mass is 16.5. The van der Waals surface area contributed by atoms with Gasteiger partial charge in [-0.2, -0.15) is 0 Å². The van der Waals surface area contributed by atoms with Gasteiger partial charge in [0, 0.05) is 19.6 Å². The zero-order valence-electron chi connectivity index (χ0n) is 18.7. The highest BCUT2D eigenvalue weighted by molar-refractivity contribution is 6.04. The second kappa shape index (κ2) is 8.91. The van der Waals surface area contributed by atoms with Crippen molar-refractivity contribution < 1.29 is 23.9 Å². The number of aliphatic imine (C=N–C) groups is 1. The van der Waals surface area contributed by atoms with Crippen molar-refractivity contribution in [1.82, 2.24) is 14.7 Å². The smallest absolute Gasteiger partial charge is 0.330 e. The number of ether oxygens (including phenoxy) is 2. The van der Waals surface area contributed by atoms with Crippen LogP contribution in [0.1, 0.15) is 59.8 Å². The molecule has 1 saturated carbocycles. The lowest BCUT2D eigenvalue weighted by Crippen LogP contribution is -2.66. The molecule has 2 heterocycles. The Morgan fingerprint density at radius 3 is 2.37 bits per heavy atom. The number of carbonyl (C=O) groups is 3. The molecule has 2 fully saturated rings. The molecule has 2 aliphatic heterocycles. The Morgan fingerprint density at radius 2 is 1.80 bits per heavy atom. The van der Waals surface area contributed by atoms with Crippen molar-refractivity contribution in [2.24, 2.45) is 16.3 Å². The Kier molecular flexibility index (Phi) is 6.69. The van der Waals surface area contributed by atoms with Gasteiger partial charge >= 0.3 is 12.0 Å². The maximum atomic E-state index is 13.4. The Balaban J connectivity index is 1.93. The second-order valence-corrected chi connectivity index (χ2v) is 9.27. The maximum Gasteiger partial charge on any atom is 0.330 e. The van der Waals surface area contributed by atoms with Crippen LogP contribution >= 0.6 is 0 Å². The van der Waals surface area contributed by atoms with E-state index in [9.17, 15) is 14.4 Å². The average Bonchev–Trinajstić information content (AvgIpc) is 3.33. The van der Waals surface area contributed by atoms with E-state index in [0.717, 1.165) is 31.5 Å². The predicted octanol–water partition coefficient (Wildman–Crippen LogP) is 2.41. The van der Waals surface area contributed by atoms with E-state index in [1.165, 1.54) is 16.9 Å². The van der Waals surface area contributed by atoms with Gasteiger partial charge in [0.15, 0.2) is 18.9 Å². The number of methoxy groups -OCH3 is 1. The fourth-order valence-electron chi connectivity index (χ4n) is 4.32. The van der Waals surface area contributed by atoms with Crippen LogP contribution in [-0.4, -0.2) is 77.8 Å². The molecule has 0 aromatic rings. The third kappa shape index (κ3) is 4.17. The summed E-state index contributed by atoms with van der Waals surface area (Å²) < 4.78 is 10.9. The summed E-state index contributed by atoms with van der Waals surface area (Å²) in [5.41, 5.74) is -0.646. The molecule has 2 atom stereocenters. The normalized spacial score (nSPS) is 25.1. The SMILES string of the molecule is CCCN1C(=O)C2C(N=C(C3CCCC3)N2COC(=O)C(C)(C)C)N(COC)C1=O. The summed E-state index contributed by atoms with van der Waals surface area (Å²) in [6.07, 6.45) is 4.16. The molecule has 0 aromatic carbocycles. The molecule has 0 N–H and O–H groups in total. The van der Waals surface area contributed by atoms with Crippen molar-refractivity contribution in [3.8, 4) is 0 Å². The fraction of sp³-hybridized carbons (Fsp3) is 0.810. The van der Waals surface area contributed by atoms with Crippen molar-refractivity contribution >= 4 is 23.7 Å². The Morgan fingerprint density at radius 1 is 1.13 bits per heavy atom. The standard InChI is InChI=1S/C21H34N4O5/c1-6-11-23-18(26)15-17(25(12-29-5)20(23)28)22-16(14-9-7-8-10-14)24(15)13-30-19(27)21(2,3)4/h14-15,17H,6-13H2,1-5H3. The summed E-state index contributed by atoms with van der Waals surface area (Å²) in [5.74, 6) is 0.346. The van der Waals surface area contributed by atoms with Gasteiger partial charge in [0.05, 0.1) is 5.41 Å². The number of rotatable bonds is 7. The minimum atomic E-state index is -0.701. The van der Waals surface area contributed by atoms with Gasteiger partial charge in [0.2, 0.25) is 0 Å². The molecular formula is C21H34N4O5. The number of fused-ring (bicyclic) bond motifs is 1. The maximum absolute atomic E-state index is 13.4. The largest absolute Gasteiger partial charge is 0.444 e. The summed E-state index contributed by atoms with van der Waals surface area (Å²) >= 11 is 0. The van der Waals surface area contributed by atoms with Gasteiger partial charge in [-0.05, 0) is 40.0 Å². The molecule has 3 amide bonds. The molecule has 168 valence electrons. The summed E-state index contributed by atoms with van der Waals surface area (Å²) in [5, 5.41) is 0.